The van der Waals surface area contributed by atoms with Gasteiger partial charge in [0.15, 0.2) is 0 Å². The zero-order valence-electron chi connectivity index (χ0n) is 15.2. The number of amides is 1. The van der Waals surface area contributed by atoms with Crippen molar-refractivity contribution in [3.63, 3.8) is 0 Å². The molecule has 3 rings (SSSR count). The molecule has 0 spiro atoms. The van der Waals surface area contributed by atoms with Gasteiger partial charge in [-0.25, -0.2) is 5.32 Å². The molecule has 0 saturated carbocycles. The van der Waals surface area contributed by atoms with Gasteiger partial charge in [-0.1, -0.05) is 24.3 Å². The zero-order valence-corrected chi connectivity index (χ0v) is 15.2. The Labute approximate surface area is 149 Å². The van der Waals surface area contributed by atoms with Gasteiger partial charge >= 0.3 is 0 Å². The largest absolute Gasteiger partial charge is 0.326 e. The number of nitrogens with zero attached hydrogens (tertiary/aromatic N) is 1. The van der Waals surface area contributed by atoms with Crippen LogP contribution in [0.1, 0.15) is 24.5 Å². The van der Waals surface area contributed by atoms with Crippen LogP contribution in [0.25, 0.3) is 0 Å². The van der Waals surface area contributed by atoms with Crippen LogP contribution in [-0.2, 0) is 17.6 Å². The molecule has 1 atom stereocenters. The molecule has 1 amide bonds. The van der Waals surface area contributed by atoms with Crippen LogP contribution in [0, 0.1) is 5.92 Å². The number of hydrogen-bond acceptors (Lipinski definition) is 1. The van der Waals surface area contributed by atoms with E-state index in [0.29, 0.717) is 0 Å². The molecular formula is C21H26N3O+. The number of carbonyl (C=O) groups excluding carboxylic acids is 1. The summed E-state index contributed by atoms with van der Waals surface area (Å²) in [4.78, 5) is 12.6. The van der Waals surface area contributed by atoms with Crippen molar-refractivity contribution in [3.05, 3.63) is 59.7 Å². The maximum atomic E-state index is 12.6. The highest BCUT2D eigenvalue weighted by atomic mass is 16.1. The molecule has 130 valence electrons. The van der Waals surface area contributed by atoms with Gasteiger partial charge in [0.1, 0.15) is 5.69 Å². The highest BCUT2D eigenvalue weighted by molar-refractivity contribution is 5.94. The summed E-state index contributed by atoms with van der Waals surface area (Å²) < 4.78 is 2.02. The van der Waals surface area contributed by atoms with Crippen LogP contribution in [0.2, 0.25) is 0 Å². The molecule has 1 unspecified atom stereocenters. The van der Waals surface area contributed by atoms with Crippen molar-refractivity contribution in [2.24, 2.45) is 5.92 Å². The van der Waals surface area contributed by atoms with E-state index in [9.17, 15) is 4.79 Å². The monoisotopic (exact) mass is 336 g/mol. The first-order valence-electron chi connectivity index (χ1n) is 8.78. The first kappa shape index (κ1) is 17.2. The minimum Gasteiger partial charge on any atom is -0.326 e. The summed E-state index contributed by atoms with van der Waals surface area (Å²) in [6.45, 7) is 2.02. The Morgan fingerprint density at radius 2 is 1.56 bits per heavy atom. The molecule has 2 aromatic carbocycles. The fourth-order valence-electron chi connectivity index (χ4n) is 3.12. The van der Waals surface area contributed by atoms with Crippen molar-refractivity contribution in [3.8, 4) is 0 Å². The number of hydrogen-bond donors (Lipinski definition) is 2. The topological polar surface area (TPSA) is 44.1 Å². The van der Waals surface area contributed by atoms with Crippen LogP contribution >= 0.6 is 0 Å². The number of amidine groups is 1. The van der Waals surface area contributed by atoms with Gasteiger partial charge in [0.05, 0.1) is 14.1 Å². The zero-order chi connectivity index (χ0) is 17.8. The molecule has 0 radical (unpaired) electrons. The molecule has 4 nitrogen and oxygen atoms in total. The minimum atomic E-state index is 0.0528. The van der Waals surface area contributed by atoms with Gasteiger partial charge < -0.3 is 5.32 Å². The highest BCUT2D eigenvalue weighted by Gasteiger charge is 2.24. The molecule has 2 N–H and O–H groups in total. The van der Waals surface area contributed by atoms with Crippen molar-refractivity contribution in [1.29, 1.82) is 0 Å². The van der Waals surface area contributed by atoms with Crippen LogP contribution in [-0.4, -0.2) is 30.4 Å². The lowest BCUT2D eigenvalue weighted by Crippen LogP contribution is -2.28. The summed E-state index contributed by atoms with van der Waals surface area (Å²) in [7, 11) is 4.00. The van der Waals surface area contributed by atoms with Gasteiger partial charge in [0.25, 0.3) is 0 Å². The fourth-order valence-corrected chi connectivity index (χ4v) is 3.12. The van der Waals surface area contributed by atoms with E-state index >= 15 is 0 Å². The lowest BCUT2D eigenvalue weighted by Gasteiger charge is -2.23. The molecule has 0 heterocycles. The van der Waals surface area contributed by atoms with Gasteiger partial charge in [-0.05, 0) is 54.7 Å². The third-order valence-electron chi connectivity index (χ3n) is 4.87. The van der Waals surface area contributed by atoms with Crippen LogP contribution in [0.4, 0.5) is 11.4 Å². The fraction of sp³-hybridized carbons (Fsp3) is 0.333. The van der Waals surface area contributed by atoms with E-state index in [4.69, 9.17) is 0 Å². The average molecular weight is 336 g/mol. The average Bonchev–Trinajstić information content (AvgIpc) is 2.62. The number of benzene rings is 2. The van der Waals surface area contributed by atoms with Crippen LogP contribution in [0.3, 0.4) is 0 Å². The van der Waals surface area contributed by atoms with Crippen molar-refractivity contribution in [2.45, 2.75) is 26.2 Å². The molecule has 25 heavy (non-hydrogen) atoms. The molecule has 2 aromatic rings. The Kier molecular flexibility index (Phi) is 5.17. The highest BCUT2D eigenvalue weighted by Crippen LogP contribution is 2.26. The number of carbonyl (C=O) groups is 1. The second-order valence-electron chi connectivity index (χ2n) is 6.88. The maximum absolute atomic E-state index is 12.6. The quantitative estimate of drug-likeness (QED) is 0.512. The van der Waals surface area contributed by atoms with E-state index in [1.54, 1.807) is 0 Å². The van der Waals surface area contributed by atoms with Gasteiger partial charge in [-0.3, -0.25) is 9.37 Å². The summed E-state index contributed by atoms with van der Waals surface area (Å²) in [6.07, 6.45) is 2.73. The first-order valence-corrected chi connectivity index (χ1v) is 8.78. The minimum absolute atomic E-state index is 0.0528. The second kappa shape index (κ2) is 7.51. The summed E-state index contributed by atoms with van der Waals surface area (Å²) in [6, 6.07) is 16.3. The molecule has 0 saturated heterocycles. The smallest absolute Gasteiger partial charge is 0.246 e. The molecule has 0 aliphatic heterocycles. The molecule has 0 bridgehead atoms. The predicted octanol–water partition coefficient (Wildman–Crippen LogP) is 3.53. The third-order valence-corrected chi connectivity index (χ3v) is 4.87. The SMILES string of the molecule is CC(Nc1ccc(NC(=O)C2CCc3ccccc3C2)cc1)=[N+](C)C. The lowest BCUT2D eigenvalue weighted by molar-refractivity contribution is -0.464. The normalized spacial score (nSPS) is 15.9. The van der Waals surface area contributed by atoms with Crippen molar-refractivity contribution < 1.29 is 9.37 Å². The Bertz CT molecular complexity index is 789. The summed E-state index contributed by atoms with van der Waals surface area (Å²) in [5, 5.41) is 6.39. The Balaban J connectivity index is 1.61. The first-order chi connectivity index (χ1) is 12.0. The molecule has 1 aliphatic rings. The van der Waals surface area contributed by atoms with E-state index in [1.807, 2.05) is 49.9 Å². The number of fused-ring (bicyclic) bond motifs is 1. The Morgan fingerprint density at radius 1 is 0.960 bits per heavy atom. The predicted molar refractivity (Wildman–Crippen MR) is 103 cm³/mol. The standard InChI is InChI=1S/C21H25N3O/c1-15(24(2)3)22-19-10-12-20(13-11-19)23-21(25)18-9-8-16-6-4-5-7-17(16)14-18/h4-7,10-13,18H,8-9,14H2,1-3H3,(H,23,25)/p+1. The van der Waals surface area contributed by atoms with Gasteiger partial charge in [0, 0.05) is 18.5 Å². The Hall–Kier alpha value is -2.62. The van der Waals surface area contributed by atoms with Crippen LogP contribution in [0.15, 0.2) is 48.5 Å². The van der Waals surface area contributed by atoms with Crippen LogP contribution in [0.5, 0.6) is 0 Å². The summed E-state index contributed by atoms with van der Waals surface area (Å²) in [5.41, 5.74) is 4.55. The van der Waals surface area contributed by atoms with Gasteiger partial charge in [-0.15, -0.1) is 0 Å². The number of anilines is 2. The number of aryl methyl sites for hydroxylation is 1. The molecule has 4 heteroatoms. The van der Waals surface area contributed by atoms with E-state index < -0.39 is 0 Å². The van der Waals surface area contributed by atoms with Crippen molar-refractivity contribution in [1.82, 2.24) is 0 Å². The van der Waals surface area contributed by atoms with Crippen molar-refractivity contribution in [2.75, 3.05) is 24.7 Å². The number of rotatable bonds is 3. The molecular weight excluding hydrogens is 310 g/mol. The Morgan fingerprint density at radius 3 is 2.20 bits per heavy atom. The maximum Gasteiger partial charge on any atom is 0.246 e. The van der Waals surface area contributed by atoms with Crippen molar-refractivity contribution >= 4 is 23.1 Å². The summed E-state index contributed by atoms with van der Waals surface area (Å²) in [5.74, 6) is 1.24. The molecule has 1 aliphatic carbocycles. The molecule has 0 aromatic heterocycles. The summed E-state index contributed by atoms with van der Waals surface area (Å²) >= 11 is 0. The molecule has 0 fully saturated rings. The number of nitrogens with one attached hydrogen (secondary N) is 2. The lowest BCUT2D eigenvalue weighted by atomic mass is 9.83. The van der Waals surface area contributed by atoms with Gasteiger partial charge in [-0.2, -0.15) is 0 Å². The third kappa shape index (κ3) is 4.27. The van der Waals surface area contributed by atoms with E-state index in [-0.39, 0.29) is 11.8 Å². The van der Waals surface area contributed by atoms with E-state index in [0.717, 1.165) is 36.5 Å². The second-order valence-corrected chi connectivity index (χ2v) is 6.88. The van der Waals surface area contributed by atoms with Crippen LogP contribution < -0.4 is 10.6 Å². The van der Waals surface area contributed by atoms with Gasteiger partial charge in [0.2, 0.25) is 11.7 Å². The van der Waals surface area contributed by atoms with E-state index in [1.165, 1.54) is 11.1 Å². The van der Waals surface area contributed by atoms with E-state index in [2.05, 4.69) is 34.9 Å².